The highest BCUT2D eigenvalue weighted by Gasteiger charge is 2.37. The maximum atomic E-state index is 12.0. The normalized spacial score (nSPS) is 25.1. The summed E-state index contributed by atoms with van der Waals surface area (Å²) in [7, 11) is 0. The Morgan fingerprint density at radius 3 is 2.70 bits per heavy atom. The van der Waals surface area contributed by atoms with E-state index in [4.69, 9.17) is 5.11 Å². The number of fused-ring (bicyclic) bond motifs is 1. The minimum absolute atomic E-state index is 0.0248. The molecule has 0 radical (unpaired) electrons. The van der Waals surface area contributed by atoms with Crippen LogP contribution in [0.1, 0.15) is 19.8 Å². The first-order valence-electron chi connectivity index (χ1n) is 6.66. The summed E-state index contributed by atoms with van der Waals surface area (Å²) in [6.45, 7) is 2.57. The SMILES string of the molecule is C[C@@H](O)[C@H](NC(=O)N1CCN2C(=O)CCC2C1)C(=O)O. The fraction of sp³-hybridized carbons (Fsp3) is 0.750. The highest BCUT2D eigenvalue weighted by Crippen LogP contribution is 2.22. The third-order valence-corrected chi connectivity index (χ3v) is 3.81. The van der Waals surface area contributed by atoms with Crippen molar-refractivity contribution in [3.05, 3.63) is 0 Å². The van der Waals surface area contributed by atoms with E-state index >= 15 is 0 Å². The first kappa shape index (κ1) is 14.6. The number of carbonyl (C=O) groups is 3. The zero-order valence-electron chi connectivity index (χ0n) is 11.3. The molecule has 0 aliphatic carbocycles. The number of piperazine rings is 1. The maximum absolute atomic E-state index is 12.0. The van der Waals surface area contributed by atoms with Gasteiger partial charge in [-0.2, -0.15) is 0 Å². The Kier molecular flexibility index (Phi) is 4.12. The average molecular weight is 285 g/mol. The van der Waals surface area contributed by atoms with Gasteiger partial charge < -0.3 is 25.3 Å². The summed E-state index contributed by atoms with van der Waals surface area (Å²) in [5.41, 5.74) is 0. The Morgan fingerprint density at radius 1 is 1.40 bits per heavy atom. The molecule has 2 rings (SSSR count). The van der Waals surface area contributed by atoms with Gasteiger partial charge in [0, 0.05) is 32.1 Å². The van der Waals surface area contributed by atoms with Crippen molar-refractivity contribution in [3.63, 3.8) is 0 Å². The Morgan fingerprint density at radius 2 is 2.10 bits per heavy atom. The van der Waals surface area contributed by atoms with Gasteiger partial charge in [0.15, 0.2) is 6.04 Å². The molecule has 0 aromatic rings. The molecule has 2 heterocycles. The van der Waals surface area contributed by atoms with Gasteiger partial charge in [-0.05, 0) is 13.3 Å². The van der Waals surface area contributed by atoms with Crippen LogP contribution in [0.5, 0.6) is 0 Å². The summed E-state index contributed by atoms with van der Waals surface area (Å²) in [6, 6.07) is -1.82. The number of hydrogen-bond donors (Lipinski definition) is 3. The van der Waals surface area contributed by atoms with Gasteiger partial charge in [-0.3, -0.25) is 4.79 Å². The van der Waals surface area contributed by atoms with Crippen molar-refractivity contribution in [3.8, 4) is 0 Å². The van der Waals surface area contributed by atoms with E-state index in [2.05, 4.69) is 5.32 Å². The maximum Gasteiger partial charge on any atom is 0.328 e. The van der Waals surface area contributed by atoms with Crippen LogP contribution in [0.3, 0.4) is 0 Å². The minimum Gasteiger partial charge on any atom is -0.480 e. The molecule has 3 amide bonds. The number of aliphatic hydroxyl groups excluding tert-OH is 1. The van der Waals surface area contributed by atoms with Crippen LogP contribution in [-0.4, -0.2) is 75.7 Å². The van der Waals surface area contributed by atoms with Crippen LogP contribution >= 0.6 is 0 Å². The highest BCUT2D eigenvalue weighted by atomic mass is 16.4. The highest BCUT2D eigenvalue weighted by molar-refractivity contribution is 5.84. The minimum atomic E-state index is -1.33. The molecule has 8 nitrogen and oxygen atoms in total. The van der Waals surface area contributed by atoms with Crippen molar-refractivity contribution in [2.24, 2.45) is 0 Å². The molecule has 2 aliphatic rings. The molecule has 0 aromatic carbocycles. The Balaban J connectivity index is 1.94. The summed E-state index contributed by atoms with van der Waals surface area (Å²) in [5.74, 6) is -1.16. The predicted molar refractivity (Wildman–Crippen MR) is 67.9 cm³/mol. The van der Waals surface area contributed by atoms with Crippen LogP contribution in [0, 0.1) is 0 Å². The molecule has 20 heavy (non-hydrogen) atoms. The molecule has 2 saturated heterocycles. The van der Waals surface area contributed by atoms with E-state index in [0.717, 1.165) is 6.42 Å². The number of hydrogen-bond acceptors (Lipinski definition) is 4. The Labute approximate surface area is 116 Å². The molecule has 1 unspecified atom stereocenters. The van der Waals surface area contributed by atoms with E-state index < -0.39 is 24.1 Å². The van der Waals surface area contributed by atoms with Crippen molar-refractivity contribution in [2.75, 3.05) is 19.6 Å². The molecule has 0 aromatic heterocycles. The Bertz CT molecular complexity index is 425. The van der Waals surface area contributed by atoms with Gasteiger partial charge in [0.05, 0.1) is 6.10 Å². The molecule has 0 saturated carbocycles. The average Bonchev–Trinajstić information content (AvgIpc) is 2.76. The number of aliphatic carboxylic acids is 1. The number of urea groups is 1. The summed E-state index contributed by atoms with van der Waals surface area (Å²) in [4.78, 5) is 37.8. The van der Waals surface area contributed by atoms with Gasteiger partial charge in [0.2, 0.25) is 5.91 Å². The van der Waals surface area contributed by atoms with Gasteiger partial charge in [-0.1, -0.05) is 0 Å². The first-order chi connectivity index (χ1) is 9.40. The molecule has 2 aliphatic heterocycles. The van der Waals surface area contributed by atoms with E-state index in [0.29, 0.717) is 26.1 Å². The lowest BCUT2D eigenvalue weighted by Gasteiger charge is -2.38. The van der Waals surface area contributed by atoms with E-state index in [9.17, 15) is 19.5 Å². The van der Waals surface area contributed by atoms with E-state index in [1.54, 1.807) is 4.90 Å². The second-order valence-electron chi connectivity index (χ2n) is 5.23. The van der Waals surface area contributed by atoms with Crippen molar-refractivity contribution in [2.45, 2.75) is 38.0 Å². The fourth-order valence-electron chi connectivity index (χ4n) is 2.66. The largest absolute Gasteiger partial charge is 0.480 e. The van der Waals surface area contributed by atoms with Crippen molar-refractivity contribution >= 4 is 17.9 Å². The monoisotopic (exact) mass is 285 g/mol. The van der Waals surface area contributed by atoms with Crippen LogP contribution in [-0.2, 0) is 9.59 Å². The lowest BCUT2D eigenvalue weighted by molar-refractivity contribution is -0.141. The van der Waals surface area contributed by atoms with Crippen molar-refractivity contribution < 1.29 is 24.6 Å². The molecule has 112 valence electrons. The smallest absolute Gasteiger partial charge is 0.328 e. The van der Waals surface area contributed by atoms with Crippen LogP contribution < -0.4 is 5.32 Å². The topological polar surface area (TPSA) is 110 Å². The molecular formula is C12H19N3O5. The third-order valence-electron chi connectivity index (χ3n) is 3.81. The lowest BCUT2D eigenvalue weighted by Crippen LogP contribution is -2.58. The molecule has 2 fully saturated rings. The van der Waals surface area contributed by atoms with E-state index in [1.807, 2.05) is 0 Å². The lowest BCUT2D eigenvalue weighted by atomic mass is 10.1. The van der Waals surface area contributed by atoms with Crippen molar-refractivity contribution in [1.82, 2.24) is 15.1 Å². The molecular weight excluding hydrogens is 266 g/mol. The van der Waals surface area contributed by atoms with Crippen molar-refractivity contribution in [1.29, 1.82) is 0 Å². The summed E-state index contributed by atoms with van der Waals surface area (Å²) < 4.78 is 0. The molecule has 0 bridgehead atoms. The zero-order chi connectivity index (χ0) is 14.9. The van der Waals surface area contributed by atoms with Gasteiger partial charge >= 0.3 is 12.0 Å². The number of aliphatic hydroxyl groups is 1. The van der Waals surface area contributed by atoms with Crippen LogP contribution in [0.15, 0.2) is 0 Å². The summed E-state index contributed by atoms with van der Waals surface area (Å²) >= 11 is 0. The van der Waals surface area contributed by atoms with Gasteiger partial charge in [-0.15, -0.1) is 0 Å². The van der Waals surface area contributed by atoms with Gasteiger partial charge in [0.1, 0.15) is 0 Å². The quantitative estimate of drug-likeness (QED) is 0.605. The third kappa shape index (κ3) is 2.84. The van der Waals surface area contributed by atoms with Crippen LogP contribution in [0.25, 0.3) is 0 Å². The van der Waals surface area contributed by atoms with E-state index in [-0.39, 0.29) is 11.9 Å². The summed E-state index contributed by atoms with van der Waals surface area (Å²) in [5, 5.41) is 20.6. The second kappa shape index (κ2) is 5.66. The number of rotatable bonds is 3. The fourth-order valence-corrected chi connectivity index (χ4v) is 2.66. The molecule has 3 N–H and O–H groups in total. The van der Waals surface area contributed by atoms with Crippen LogP contribution in [0.2, 0.25) is 0 Å². The second-order valence-corrected chi connectivity index (χ2v) is 5.23. The number of nitrogens with one attached hydrogen (secondary N) is 1. The number of amides is 3. The number of carboxylic acid groups (broad SMARTS) is 1. The number of nitrogens with zero attached hydrogens (tertiary/aromatic N) is 2. The van der Waals surface area contributed by atoms with E-state index in [1.165, 1.54) is 11.8 Å². The number of carbonyl (C=O) groups excluding carboxylic acids is 2. The number of carboxylic acids is 1. The molecule has 8 heteroatoms. The first-order valence-corrected chi connectivity index (χ1v) is 6.66. The molecule has 0 spiro atoms. The zero-order valence-corrected chi connectivity index (χ0v) is 11.3. The Hall–Kier alpha value is -1.83. The van der Waals surface area contributed by atoms with Gasteiger partial charge in [-0.25, -0.2) is 9.59 Å². The standard InChI is InChI=1S/C12H19N3O5/c1-7(16)10(11(18)19)13-12(20)14-4-5-15-8(6-14)2-3-9(15)17/h7-8,10,16H,2-6H2,1H3,(H,13,20)(H,18,19)/t7-,8?,10+/m1/s1. The molecule has 3 atom stereocenters. The van der Waals surface area contributed by atoms with Gasteiger partial charge in [0.25, 0.3) is 0 Å². The predicted octanol–water partition coefficient (Wildman–Crippen LogP) is -1.16. The van der Waals surface area contributed by atoms with Crippen LogP contribution in [0.4, 0.5) is 4.79 Å². The summed E-state index contributed by atoms with van der Waals surface area (Å²) in [6.07, 6.45) is 0.0539.